The topological polar surface area (TPSA) is 63.9 Å². The van der Waals surface area contributed by atoms with Crippen LogP contribution in [0.2, 0.25) is 0 Å². The molecule has 0 aliphatic heterocycles. The zero-order valence-electron chi connectivity index (χ0n) is 9.88. The van der Waals surface area contributed by atoms with Crippen molar-refractivity contribution in [3.8, 4) is 22.9 Å². The molecule has 18 heavy (non-hydrogen) atoms. The Morgan fingerprint density at radius 1 is 0.889 bits per heavy atom. The Morgan fingerprint density at radius 3 is 1.94 bits per heavy atom. The molecule has 0 aromatic heterocycles. The van der Waals surface area contributed by atoms with Crippen LogP contribution in [0.5, 0.6) is 5.75 Å². The Hall–Kier alpha value is -1.60. The summed E-state index contributed by atoms with van der Waals surface area (Å²) in [5, 5.41) is 19.8. The van der Waals surface area contributed by atoms with Gasteiger partial charge in [0, 0.05) is 0 Å². The van der Waals surface area contributed by atoms with Gasteiger partial charge in [0.1, 0.15) is 0 Å². The van der Waals surface area contributed by atoms with Crippen molar-refractivity contribution in [3.05, 3.63) is 64.3 Å². The molecule has 2 rings (SSSR count). The van der Waals surface area contributed by atoms with Crippen LogP contribution in [0.15, 0.2) is 53.3 Å². The molecular formula is C14H8NNaO2. The smallest absolute Gasteiger partial charge is 0.870 e. The standard InChI is InChI=1S/C14H9NO2.Na/c15-9-10-1-3-11(4-2-10)12-5-7-13(16)14(17)8-6-12;/h1-8H,(H,16,17);/q;+1/p-1. The maximum absolute atomic E-state index is 11.1. The Balaban J connectivity index is 0.00000162. The number of nitrogens with zero attached hydrogens (tertiary/aromatic N) is 1. The Labute approximate surface area is 127 Å². The van der Waals surface area contributed by atoms with Crippen molar-refractivity contribution in [2.75, 3.05) is 0 Å². The molecule has 0 N–H and O–H groups in total. The minimum atomic E-state index is -0.523. The molecule has 0 aliphatic carbocycles. The molecule has 0 amide bonds. The average molecular weight is 245 g/mol. The molecule has 0 saturated carbocycles. The molecule has 0 spiro atoms. The van der Waals surface area contributed by atoms with E-state index in [-0.39, 0.29) is 29.6 Å². The molecule has 4 heteroatoms. The van der Waals surface area contributed by atoms with Crippen molar-refractivity contribution < 1.29 is 34.7 Å². The van der Waals surface area contributed by atoms with Crippen LogP contribution in [0.4, 0.5) is 0 Å². The first kappa shape index (κ1) is 14.5. The Bertz CT molecular complexity index is 645. The van der Waals surface area contributed by atoms with E-state index in [2.05, 4.69) is 0 Å². The average Bonchev–Trinajstić information content (AvgIpc) is 2.53. The van der Waals surface area contributed by atoms with E-state index in [0.717, 1.165) is 11.1 Å². The minimum absolute atomic E-state index is 0. The first-order chi connectivity index (χ1) is 8.20. The third-order valence-corrected chi connectivity index (χ3v) is 2.42. The van der Waals surface area contributed by atoms with Gasteiger partial charge in [0.25, 0.3) is 0 Å². The molecule has 2 aromatic carbocycles. The SMILES string of the molecule is N#Cc1ccc(-c2ccc([O-])c(=O)cc2)cc1.[Na+]. The van der Waals surface area contributed by atoms with Crippen LogP contribution in [-0.4, -0.2) is 0 Å². The summed E-state index contributed by atoms with van der Waals surface area (Å²) in [6.45, 7) is 0. The molecule has 0 saturated heterocycles. The van der Waals surface area contributed by atoms with E-state index in [0.29, 0.717) is 5.56 Å². The van der Waals surface area contributed by atoms with Gasteiger partial charge < -0.3 is 5.11 Å². The van der Waals surface area contributed by atoms with Gasteiger partial charge in [-0.1, -0.05) is 36.1 Å². The zero-order chi connectivity index (χ0) is 12.3. The summed E-state index contributed by atoms with van der Waals surface area (Å²) in [5.74, 6) is -0.523. The predicted molar refractivity (Wildman–Crippen MR) is 62.3 cm³/mol. The molecule has 0 atom stereocenters. The number of nitriles is 1. The van der Waals surface area contributed by atoms with Crippen molar-refractivity contribution in [1.29, 1.82) is 5.26 Å². The number of hydrogen-bond acceptors (Lipinski definition) is 3. The van der Waals surface area contributed by atoms with E-state index in [4.69, 9.17) is 5.26 Å². The third-order valence-electron chi connectivity index (χ3n) is 2.42. The second-order valence-corrected chi connectivity index (χ2v) is 3.54. The van der Waals surface area contributed by atoms with Gasteiger partial charge in [-0.05, 0) is 29.3 Å². The molecule has 0 unspecified atom stereocenters. The van der Waals surface area contributed by atoms with E-state index in [9.17, 15) is 9.90 Å². The van der Waals surface area contributed by atoms with Crippen molar-refractivity contribution in [3.63, 3.8) is 0 Å². The summed E-state index contributed by atoms with van der Waals surface area (Å²) in [7, 11) is 0. The fourth-order valence-electron chi connectivity index (χ4n) is 1.48. The monoisotopic (exact) mass is 245 g/mol. The molecule has 0 aliphatic rings. The van der Waals surface area contributed by atoms with Crippen LogP contribution in [-0.2, 0) is 0 Å². The van der Waals surface area contributed by atoms with Crippen LogP contribution in [0.3, 0.4) is 0 Å². The van der Waals surface area contributed by atoms with E-state index in [1.165, 1.54) is 12.1 Å². The zero-order valence-corrected chi connectivity index (χ0v) is 11.9. The van der Waals surface area contributed by atoms with Crippen molar-refractivity contribution in [2.24, 2.45) is 0 Å². The van der Waals surface area contributed by atoms with Gasteiger partial charge in [0.2, 0.25) is 0 Å². The summed E-state index contributed by atoms with van der Waals surface area (Å²) in [6.07, 6.45) is 0. The molecule has 0 bridgehead atoms. The fourth-order valence-corrected chi connectivity index (χ4v) is 1.48. The molecule has 0 fully saturated rings. The van der Waals surface area contributed by atoms with E-state index < -0.39 is 11.2 Å². The van der Waals surface area contributed by atoms with Gasteiger partial charge in [-0.15, -0.1) is 0 Å². The predicted octanol–water partition coefficient (Wildman–Crippen LogP) is -1.34. The van der Waals surface area contributed by atoms with Crippen molar-refractivity contribution in [1.82, 2.24) is 0 Å². The maximum atomic E-state index is 11.1. The van der Waals surface area contributed by atoms with Gasteiger partial charge >= 0.3 is 29.6 Å². The molecule has 0 heterocycles. The van der Waals surface area contributed by atoms with E-state index in [1.54, 1.807) is 36.4 Å². The summed E-state index contributed by atoms with van der Waals surface area (Å²) in [6, 6.07) is 14.7. The second kappa shape index (κ2) is 6.36. The van der Waals surface area contributed by atoms with Gasteiger partial charge in [0.15, 0.2) is 5.43 Å². The minimum Gasteiger partial charge on any atom is -0.870 e. The van der Waals surface area contributed by atoms with Gasteiger partial charge in [-0.2, -0.15) is 5.26 Å². The normalized spacial score (nSPS) is 9.06. The van der Waals surface area contributed by atoms with Crippen molar-refractivity contribution in [2.45, 2.75) is 0 Å². The summed E-state index contributed by atoms with van der Waals surface area (Å²) in [4.78, 5) is 11.1. The first-order valence-electron chi connectivity index (χ1n) is 5.02. The van der Waals surface area contributed by atoms with Crippen LogP contribution in [0.25, 0.3) is 11.1 Å². The Morgan fingerprint density at radius 2 is 1.39 bits per heavy atom. The molecule has 82 valence electrons. The number of hydrogen-bond donors (Lipinski definition) is 0. The quantitative estimate of drug-likeness (QED) is 0.584. The fraction of sp³-hybridized carbons (Fsp3) is 0. The van der Waals surface area contributed by atoms with E-state index >= 15 is 0 Å². The van der Waals surface area contributed by atoms with Gasteiger partial charge in [-0.25, -0.2) is 0 Å². The second-order valence-electron chi connectivity index (χ2n) is 3.54. The molecular weight excluding hydrogens is 237 g/mol. The van der Waals surface area contributed by atoms with Crippen molar-refractivity contribution >= 4 is 0 Å². The van der Waals surface area contributed by atoms with Crippen LogP contribution in [0.1, 0.15) is 5.56 Å². The first-order valence-corrected chi connectivity index (χ1v) is 5.02. The van der Waals surface area contributed by atoms with Gasteiger partial charge in [0.05, 0.1) is 11.6 Å². The third kappa shape index (κ3) is 3.21. The van der Waals surface area contributed by atoms with Gasteiger partial charge in [-0.3, -0.25) is 4.79 Å². The largest absolute Gasteiger partial charge is 1.00 e. The molecule has 3 nitrogen and oxygen atoms in total. The van der Waals surface area contributed by atoms with Crippen LogP contribution < -0.4 is 40.1 Å². The maximum Gasteiger partial charge on any atom is 1.00 e. The number of rotatable bonds is 1. The Kier molecular flexibility index (Phi) is 5.11. The number of benzene rings is 1. The van der Waals surface area contributed by atoms with Crippen LogP contribution in [0, 0.1) is 11.3 Å². The molecule has 2 aromatic rings. The summed E-state index contributed by atoms with van der Waals surface area (Å²) in [5.41, 5.74) is 1.68. The van der Waals surface area contributed by atoms with Crippen LogP contribution >= 0.6 is 0 Å². The van der Waals surface area contributed by atoms with E-state index in [1.807, 2.05) is 6.07 Å². The molecule has 0 radical (unpaired) electrons. The summed E-state index contributed by atoms with van der Waals surface area (Å²) < 4.78 is 0. The summed E-state index contributed by atoms with van der Waals surface area (Å²) >= 11 is 0.